The number of furan rings is 1. The number of rotatable bonds is 2. The predicted molar refractivity (Wildman–Crippen MR) is 68.3 cm³/mol. The van der Waals surface area contributed by atoms with Gasteiger partial charge < -0.3 is 14.5 Å². The first-order chi connectivity index (χ1) is 9.19. The first kappa shape index (κ1) is 11.5. The normalized spacial score (nSPS) is 17.3. The second-order valence-electron chi connectivity index (χ2n) is 4.25. The van der Waals surface area contributed by atoms with E-state index in [4.69, 9.17) is 9.15 Å². The van der Waals surface area contributed by atoms with Crippen LogP contribution < -0.4 is 10.1 Å². The van der Waals surface area contributed by atoms with Crippen LogP contribution in [-0.2, 0) is 4.79 Å². The Bertz CT molecular complexity index is 659. The van der Waals surface area contributed by atoms with Crippen molar-refractivity contribution in [2.75, 3.05) is 5.32 Å². The SMILES string of the molecule is CC1Oc2cccc(-c3ccc(C=O)o3)c2NC1=O. The molecule has 3 rings (SSSR count). The number of anilines is 1. The summed E-state index contributed by atoms with van der Waals surface area (Å²) in [5, 5.41) is 2.79. The summed E-state index contributed by atoms with van der Waals surface area (Å²) in [6.45, 7) is 1.68. The molecular weight excluding hydrogens is 246 g/mol. The van der Waals surface area contributed by atoms with Gasteiger partial charge in [0.2, 0.25) is 0 Å². The van der Waals surface area contributed by atoms with E-state index in [1.807, 2.05) is 6.07 Å². The van der Waals surface area contributed by atoms with Crippen LogP contribution in [0.1, 0.15) is 17.5 Å². The number of benzene rings is 1. The molecule has 0 saturated heterocycles. The van der Waals surface area contributed by atoms with Crippen molar-refractivity contribution in [1.82, 2.24) is 0 Å². The highest BCUT2D eigenvalue weighted by Gasteiger charge is 2.26. The van der Waals surface area contributed by atoms with Gasteiger partial charge >= 0.3 is 0 Å². The van der Waals surface area contributed by atoms with Crippen LogP contribution in [0.25, 0.3) is 11.3 Å². The van der Waals surface area contributed by atoms with E-state index in [1.165, 1.54) is 0 Å². The molecule has 1 amide bonds. The summed E-state index contributed by atoms with van der Waals surface area (Å²) in [4.78, 5) is 22.3. The standard InChI is InChI=1S/C14H11NO4/c1-8-14(17)15-13-10(3-2-4-12(13)18-8)11-6-5-9(7-16)19-11/h2-8H,1H3,(H,15,17). The van der Waals surface area contributed by atoms with E-state index in [2.05, 4.69) is 5.32 Å². The van der Waals surface area contributed by atoms with Crippen LogP contribution >= 0.6 is 0 Å². The molecule has 5 nitrogen and oxygen atoms in total. The third-order valence-electron chi connectivity index (χ3n) is 2.96. The van der Waals surface area contributed by atoms with Crippen molar-refractivity contribution in [3.8, 4) is 17.1 Å². The van der Waals surface area contributed by atoms with Gasteiger partial charge in [-0.3, -0.25) is 9.59 Å². The third kappa shape index (κ3) is 1.89. The van der Waals surface area contributed by atoms with Gasteiger partial charge in [-0.15, -0.1) is 0 Å². The Hall–Kier alpha value is -2.56. The zero-order valence-corrected chi connectivity index (χ0v) is 10.2. The molecule has 2 heterocycles. The average molecular weight is 257 g/mol. The molecule has 1 N–H and O–H groups in total. The van der Waals surface area contributed by atoms with Gasteiger partial charge in [-0.1, -0.05) is 6.07 Å². The molecule has 1 aliphatic heterocycles. The van der Waals surface area contributed by atoms with Crippen LogP contribution in [0, 0.1) is 0 Å². The zero-order chi connectivity index (χ0) is 13.4. The maximum atomic E-state index is 11.7. The van der Waals surface area contributed by atoms with Crippen molar-refractivity contribution >= 4 is 17.9 Å². The summed E-state index contributed by atoms with van der Waals surface area (Å²) in [6.07, 6.45) is 0.112. The van der Waals surface area contributed by atoms with E-state index in [9.17, 15) is 9.59 Å². The molecule has 5 heteroatoms. The van der Waals surface area contributed by atoms with Crippen LogP contribution in [0.4, 0.5) is 5.69 Å². The Morgan fingerprint density at radius 2 is 2.11 bits per heavy atom. The fourth-order valence-corrected chi connectivity index (χ4v) is 1.99. The second kappa shape index (κ2) is 4.28. The molecule has 0 bridgehead atoms. The molecular formula is C14H11NO4. The van der Waals surface area contributed by atoms with Crippen LogP contribution in [0.5, 0.6) is 5.75 Å². The molecule has 0 fully saturated rings. The Morgan fingerprint density at radius 3 is 2.84 bits per heavy atom. The third-order valence-corrected chi connectivity index (χ3v) is 2.96. The molecule has 1 aromatic heterocycles. The van der Waals surface area contributed by atoms with Gasteiger partial charge in [0.15, 0.2) is 18.2 Å². The molecule has 19 heavy (non-hydrogen) atoms. The smallest absolute Gasteiger partial charge is 0.265 e. The van der Waals surface area contributed by atoms with E-state index in [0.717, 1.165) is 0 Å². The number of ether oxygens (including phenoxy) is 1. The Balaban J connectivity index is 2.10. The highest BCUT2D eigenvalue weighted by Crippen LogP contribution is 2.39. The minimum absolute atomic E-state index is 0.206. The summed E-state index contributed by atoms with van der Waals surface area (Å²) in [5.41, 5.74) is 1.25. The number of carbonyl (C=O) groups is 2. The Morgan fingerprint density at radius 1 is 1.26 bits per heavy atom. The topological polar surface area (TPSA) is 68.5 Å². The largest absolute Gasteiger partial charge is 0.479 e. The Labute approximate surface area is 109 Å². The number of aldehydes is 1. The van der Waals surface area contributed by atoms with E-state index in [-0.39, 0.29) is 11.7 Å². The second-order valence-corrected chi connectivity index (χ2v) is 4.25. The first-order valence-electron chi connectivity index (χ1n) is 5.85. The van der Waals surface area contributed by atoms with Crippen LogP contribution in [0.3, 0.4) is 0 Å². The fourth-order valence-electron chi connectivity index (χ4n) is 1.99. The molecule has 96 valence electrons. The van der Waals surface area contributed by atoms with Crippen molar-refractivity contribution < 1.29 is 18.7 Å². The number of para-hydroxylation sites is 1. The van der Waals surface area contributed by atoms with Crippen molar-refractivity contribution in [2.24, 2.45) is 0 Å². The summed E-state index contributed by atoms with van der Waals surface area (Å²) in [5.74, 6) is 1.14. The molecule has 2 aromatic rings. The molecule has 0 aliphatic carbocycles. The number of nitrogens with one attached hydrogen (secondary N) is 1. The molecule has 0 saturated carbocycles. The van der Waals surface area contributed by atoms with Crippen LogP contribution in [0.2, 0.25) is 0 Å². The van der Waals surface area contributed by atoms with E-state index in [1.54, 1.807) is 31.2 Å². The highest BCUT2D eigenvalue weighted by molar-refractivity contribution is 6.01. The van der Waals surface area contributed by atoms with Crippen molar-refractivity contribution in [2.45, 2.75) is 13.0 Å². The average Bonchev–Trinajstić information content (AvgIpc) is 2.88. The number of hydrogen-bond donors (Lipinski definition) is 1. The minimum atomic E-state index is -0.523. The Kier molecular flexibility index (Phi) is 2.59. The quantitative estimate of drug-likeness (QED) is 0.839. The summed E-state index contributed by atoms with van der Waals surface area (Å²) < 4.78 is 10.9. The van der Waals surface area contributed by atoms with Crippen LogP contribution in [-0.4, -0.2) is 18.3 Å². The summed E-state index contributed by atoms with van der Waals surface area (Å²) in [6, 6.07) is 8.64. The molecule has 1 aliphatic rings. The molecule has 1 unspecified atom stereocenters. The lowest BCUT2D eigenvalue weighted by Gasteiger charge is -2.24. The van der Waals surface area contributed by atoms with Gasteiger partial charge in [0.25, 0.3) is 5.91 Å². The van der Waals surface area contributed by atoms with Crippen LogP contribution in [0.15, 0.2) is 34.7 Å². The van der Waals surface area contributed by atoms with Gasteiger partial charge in [-0.2, -0.15) is 0 Å². The van der Waals surface area contributed by atoms with Crippen molar-refractivity contribution in [3.63, 3.8) is 0 Å². The predicted octanol–water partition coefficient (Wildman–Crippen LogP) is 2.48. The van der Waals surface area contributed by atoms with Gasteiger partial charge in [0.1, 0.15) is 11.5 Å². The lowest BCUT2D eigenvalue weighted by Crippen LogP contribution is -2.34. The number of fused-ring (bicyclic) bond motifs is 1. The minimum Gasteiger partial charge on any atom is -0.479 e. The molecule has 0 radical (unpaired) electrons. The van der Waals surface area contributed by atoms with Gasteiger partial charge in [-0.05, 0) is 31.2 Å². The van der Waals surface area contributed by atoms with Gasteiger partial charge in [-0.25, -0.2) is 0 Å². The highest BCUT2D eigenvalue weighted by atomic mass is 16.5. The summed E-state index contributed by atoms with van der Waals surface area (Å²) in [7, 11) is 0. The molecule has 0 spiro atoms. The monoisotopic (exact) mass is 257 g/mol. The maximum absolute atomic E-state index is 11.7. The lowest BCUT2D eigenvalue weighted by atomic mass is 10.1. The van der Waals surface area contributed by atoms with Crippen molar-refractivity contribution in [1.29, 1.82) is 0 Å². The van der Waals surface area contributed by atoms with E-state index in [0.29, 0.717) is 29.0 Å². The fraction of sp³-hybridized carbons (Fsp3) is 0.143. The van der Waals surface area contributed by atoms with E-state index >= 15 is 0 Å². The number of carbonyl (C=O) groups excluding carboxylic acids is 2. The number of amides is 1. The van der Waals surface area contributed by atoms with Gasteiger partial charge in [0, 0.05) is 5.56 Å². The lowest BCUT2D eigenvalue weighted by molar-refractivity contribution is -0.122. The first-order valence-corrected chi connectivity index (χ1v) is 5.85. The van der Waals surface area contributed by atoms with Crippen molar-refractivity contribution in [3.05, 3.63) is 36.1 Å². The maximum Gasteiger partial charge on any atom is 0.265 e. The van der Waals surface area contributed by atoms with Gasteiger partial charge in [0.05, 0.1) is 5.69 Å². The zero-order valence-electron chi connectivity index (χ0n) is 10.2. The van der Waals surface area contributed by atoms with E-state index < -0.39 is 6.10 Å². The molecule has 1 atom stereocenters. The summed E-state index contributed by atoms with van der Waals surface area (Å²) >= 11 is 0. The molecule has 1 aromatic carbocycles. The number of hydrogen-bond acceptors (Lipinski definition) is 4.